The predicted octanol–water partition coefficient (Wildman–Crippen LogP) is 3.31. The van der Waals surface area contributed by atoms with Gasteiger partial charge in [-0.3, -0.25) is 4.79 Å². The van der Waals surface area contributed by atoms with Crippen molar-refractivity contribution in [1.29, 1.82) is 0 Å². The van der Waals surface area contributed by atoms with Gasteiger partial charge in [0, 0.05) is 0 Å². The van der Waals surface area contributed by atoms with Gasteiger partial charge in [0.15, 0.2) is 0 Å². The molecule has 5 heteroatoms. The zero-order valence-electron chi connectivity index (χ0n) is 9.84. The maximum absolute atomic E-state index is 11.9. The molecule has 2 atom stereocenters. The van der Waals surface area contributed by atoms with Crippen LogP contribution in [0.2, 0.25) is 10.0 Å². The van der Waals surface area contributed by atoms with Gasteiger partial charge in [-0.05, 0) is 18.1 Å². The first-order valence-electron chi connectivity index (χ1n) is 5.47. The zero-order valence-corrected chi connectivity index (χ0v) is 11.3. The molecule has 3 nitrogen and oxygen atoms in total. The molecule has 0 aliphatic carbocycles. The van der Waals surface area contributed by atoms with Crippen LogP contribution in [0.25, 0.3) is 0 Å². The van der Waals surface area contributed by atoms with E-state index in [9.17, 15) is 4.79 Å². The number of nitrogens with one attached hydrogen (secondary N) is 1. The number of rotatable bonds is 4. The summed E-state index contributed by atoms with van der Waals surface area (Å²) < 4.78 is 0. The second-order valence-corrected chi connectivity index (χ2v) is 4.81. The summed E-state index contributed by atoms with van der Waals surface area (Å²) >= 11 is 11.9. The van der Waals surface area contributed by atoms with Crippen LogP contribution in [0.3, 0.4) is 0 Å². The number of hydrogen-bond donors (Lipinski definition) is 2. The average Bonchev–Trinajstić information content (AvgIpc) is 2.31. The molecular weight excluding hydrogens is 259 g/mol. The molecule has 0 fully saturated rings. The smallest absolute Gasteiger partial charge is 0.241 e. The number of amides is 1. The van der Waals surface area contributed by atoms with E-state index < -0.39 is 6.04 Å². The molecule has 0 spiro atoms. The van der Waals surface area contributed by atoms with Crippen LogP contribution >= 0.6 is 23.2 Å². The highest BCUT2D eigenvalue weighted by Crippen LogP contribution is 2.30. The summed E-state index contributed by atoms with van der Waals surface area (Å²) in [5.41, 5.74) is 6.24. The molecule has 17 heavy (non-hydrogen) atoms. The molecule has 1 rings (SSSR count). The van der Waals surface area contributed by atoms with Gasteiger partial charge in [-0.2, -0.15) is 0 Å². The minimum atomic E-state index is -0.563. The summed E-state index contributed by atoms with van der Waals surface area (Å²) in [6, 6.07) is 4.48. The Kier molecular flexibility index (Phi) is 5.25. The Morgan fingerprint density at radius 1 is 1.41 bits per heavy atom. The van der Waals surface area contributed by atoms with Crippen LogP contribution in [0.4, 0.5) is 5.69 Å². The van der Waals surface area contributed by atoms with E-state index in [1.165, 1.54) is 0 Å². The van der Waals surface area contributed by atoms with Gasteiger partial charge in [0.1, 0.15) is 0 Å². The zero-order chi connectivity index (χ0) is 13.0. The molecule has 0 aliphatic heterocycles. The third-order valence-corrected chi connectivity index (χ3v) is 3.40. The summed E-state index contributed by atoms with van der Waals surface area (Å²) in [5, 5.41) is 3.48. The van der Waals surface area contributed by atoms with Gasteiger partial charge >= 0.3 is 0 Å². The van der Waals surface area contributed by atoms with E-state index in [-0.39, 0.29) is 11.8 Å². The standard InChI is InChI=1S/C12H16Cl2N2O/c1-3-7(2)10(15)12(17)16-11-8(13)5-4-6-9(11)14/h4-7,10H,3,15H2,1-2H3,(H,16,17)/t7-,10-/m0/s1. The normalized spacial score (nSPS) is 14.2. The quantitative estimate of drug-likeness (QED) is 0.885. The van der Waals surface area contributed by atoms with Crippen LogP contribution in [0.5, 0.6) is 0 Å². The van der Waals surface area contributed by atoms with Crippen molar-refractivity contribution in [3.63, 3.8) is 0 Å². The van der Waals surface area contributed by atoms with E-state index in [0.717, 1.165) is 6.42 Å². The van der Waals surface area contributed by atoms with Gasteiger partial charge in [-0.1, -0.05) is 49.5 Å². The lowest BCUT2D eigenvalue weighted by Crippen LogP contribution is -2.40. The topological polar surface area (TPSA) is 55.1 Å². The van der Waals surface area contributed by atoms with E-state index in [4.69, 9.17) is 28.9 Å². The van der Waals surface area contributed by atoms with Crippen molar-refractivity contribution in [2.45, 2.75) is 26.3 Å². The van der Waals surface area contributed by atoms with Crippen LogP contribution in [0, 0.1) is 5.92 Å². The van der Waals surface area contributed by atoms with Crippen molar-refractivity contribution < 1.29 is 4.79 Å². The first kappa shape index (κ1) is 14.3. The third kappa shape index (κ3) is 3.60. The summed E-state index contributed by atoms with van der Waals surface area (Å²) in [7, 11) is 0. The molecule has 0 unspecified atom stereocenters. The second-order valence-electron chi connectivity index (χ2n) is 4.00. The first-order chi connectivity index (χ1) is 7.97. The Morgan fingerprint density at radius 2 is 1.94 bits per heavy atom. The monoisotopic (exact) mass is 274 g/mol. The molecule has 1 aromatic rings. The summed E-state index contributed by atoms with van der Waals surface area (Å²) in [4.78, 5) is 11.9. The van der Waals surface area contributed by atoms with Gasteiger partial charge < -0.3 is 11.1 Å². The van der Waals surface area contributed by atoms with Crippen LogP contribution in [-0.2, 0) is 4.79 Å². The van der Waals surface area contributed by atoms with Crippen molar-refractivity contribution in [2.75, 3.05) is 5.32 Å². The van der Waals surface area contributed by atoms with E-state index in [2.05, 4.69) is 5.32 Å². The molecule has 0 radical (unpaired) electrons. The summed E-state index contributed by atoms with van der Waals surface area (Å²) in [6.45, 7) is 3.92. The Bertz CT molecular complexity index is 389. The number of nitrogens with two attached hydrogens (primary N) is 1. The molecule has 1 aromatic carbocycles. The Hall–Kier alpha value is -0.770. The van der Waals surface area contributed by atoms with Crippen molar-refractivity contribution in [3.05, 3.63) is 28.2 Å². The van der Waals surface area contributed by atoms with Gasteiger partial charge in [-0.25, -0.2) is 0 Å². The first-order valence-corrected chi connectivity index (χ1v) is 6.23. The van der Waals surface area contributed by atoms with Crippen molar-refractivity contribution >= 4 is 34.8 Å². The Balaban J connectivity index is 2.81. The third-order valence-electron chi connectivity index (χ3n) is 2.77. The Morgan fingerprint density at radius 3 is 2.41 bits per heavy atom. The molecule has 0 aromatic heterocycles. The molecular formula is C12H16Cl2N2O. The maximum Gasteiger partial charge on any atom is 0.241 e. The molecule has 0 saturated carbocycles. The van der Waals surface area contributed by atoms with Crippen LogP contribution < -0.4 is 11.1 Å². The van der Waals surface area contributed by atoms with Crippen LogP contribution in [-0.4, -0.2) is 11.9 Å². The van der Waals surface area contributed by atoms with Crippen molar-refractivity contribution in [2.24, 2.45) is 11.7 Å². The predicted molar refractivity (Wildman–Crippen MR) is 72.5 cm³/mol. The lowest BCUT2D eigenvalue weighted by molar-refractivity contribution is -0.118. The van der Waals surface area contributed by atoms with Gasteiger partial charge in [-0.15, -0.1) is 0 Å². The number of anilines is 1. The maximum atomic E-state index is 11.9. The molecule has 0 aliphatic rings. The van der Waals surface area contributed by atoms with Crippen molar-refractivity contribution in [1.82, 2.24) is 0 Å². The number of hydrogen-bond acceptors (Lipinski definition) is 2. The van der Waals surface area contributed by atoms with Crippen molar-refractivity contribution in [3.8, 4) is 0 Å². The molecule has 1 amide bonds. The lowest BCUT2D eigenvalue weighted by atomic mass is 9.99. The lowest BCUT2D eigenvalue weighted by Gasteiger charge is -2.18. The van der Waals surface area contributed by atoms with E-state index >= 15 is 0 Å². The molecule has 0 heterocycles. The number of halogens is 2. The molecule has 0 bridgehead atoms. The van der Waals surface area contributed by atoms with Crippen LogP contribution in [0.1, 0.15) is 20.3 Å². The number of para-hydroxylation sites is 1. The van der Waals surface area contributed by atoms with Crippen LogP contribution in [0.15, 0.2) is 18.2 Å². The largest absolute Gasteiger partial charge is 0.322 e. The number of benzene rings is 1. The van der Waals surface area contributed by atoms with E-state index in [0.29, 0.717) is 15.7 Å². The summed E-state index contributed by atoms with van der Waals surface area (Å²) in [6.07, 6.45) is 0.838. The Labute approximate surface area is 111 Å². The summed E-state index contributed by atoms with van der Waals surface area (Å²) in [5.74, 6) is -0.161. The molecule has 3 N–H and O–H groups in total. The fraction of sp³-hybridized carbons (Fsp3) is 0.417. The number of carbonyl (C=O) groups excluding carboxylic acids is 1. The van der Waals surface area contributed by atoms with Gasteiger partial charge in [0.05, 0.1) is 21.8 Å². The highest BCUT2D eigenvalue weighted by Gasteiger charge is 2.20. The minimum Gasteiger partial charge on any atom is -0.322 e. The minimum absolute atomic E-state index is 0.108. The van der Waals surface area contributed by atoms with E-state index in [1.807, 2.05) is 13.8 Å². The average molecular weight is 275 g/mol. The van der Waals surface area contributed by atoms with E-state index in [1.54, 1.807) is 18.2 Å². The fourth-order valence-corrected chi connectivity index (χ4v) is 1.83. The second kappa shape index (κ2) is 6.24. The number of carbonyl (C=O) groups is 1. The van der Waals surface area contributed by atoms with Gasteiger partial charge in [0.25, 0.3) is 0 Å². The SMILES string of the molecule is CC[C@H](C)[C@H](N)C(=O)Nc1c(Cl)cccc1Cl. The fourth-order valence-electron chi connectivity index (χ4n) is 1.34. The molecule has 94 valence electrons. The van der Waals surface area contributed by atoms with Gasteiger partial charge in [0.2, 0.25) is 5.91 Å². The highest BCUT2D eigenvalue weighted by molar-refractivity contribution is 6.39. The molecule has 0 saturated heterocycles. The highest BCUT2D eigenvalue weighted by atomic mass is 35.5.